The number of fused-ring (bicyclic) bond motifs is 1. The second-order valence-electron chi connectivity index (χ2n) is 8.18. The Morgan fingerprint density at radius 3 is 2.80 bits per heavy atom. The van der Waals surface area contributed by atoms with Crippen LogP contribution < -0.4 is 4.90 Å². The Morgan fingerprint density at radius 1 is 1.20 bits per heavy atom. The topological polar surface area (TPSA) is 89.7 Å². The van der Waals surface area contributed by atoms with Crippen LogP contribution in [0.15, 0.2) is 30.6 Å². The van der Waals surface area contributed by atoms with E-state index in [9.17, 15) is 0 Å². The molecule has 2 aliphatic rings. The lowest BCUT2D eigenvalue weighted by atomic mass is 10.1. The number of nitrogens with zero attached hydrogens (tertiary/aromatic N) is 7. The molecule has 1 aliphatic carbocycles. The summed E-state index contributed by atoms with van der Waals surface area (Å²) in [6.07, 6.45) is 5.87. The number of nitrogens with one attached hydrogen (secondary N) is 1. The third-order valence-corrected chi connectivity index (χ3v) is 6.04. The van der Waals surface area contributed by atoms with E-state index < -0.39 is 0 Å². The van der Waals surface area contributed by atoms with E-state index in [0.29, 0.717) is 6.04 Å². The van der Waals surface area contributed by atoms with Crippen LogP contribution in [-0.2, 0) is 11.8 Å². The molecule has 154 valence electrons. The van der Waals surface area contributed by atoms with Crippen LogP contribution in [0.4, 0.5) is 5.69 Å². The highest BCUT2D eigenvalue weighted by Crippen LogP contribution is 2.43. The van der Waals surface area contributed by atoms with E-state index in [4.69, 9.17) is 14.8 Å². The summed E-state index contributed by atoms with van der Waals surface area (Å²) in [6, 6.07) is 6.86. The number of aromatic amines is 1. The number of hydrogen-bond acceptors (Lipinski definition) is 6. The van der Waals surface area contributed by atoms with E-state index in [-0.39, 0.29) is 6.04 Å². The molecule has 4 aromatic heterocycles. The first kappa shape index (κ1) is 17.6. The fourth-order valence-electron chi connectivity index (χ4n) is 4.33. The van der Waals surface area contributed by atoms with Crippen molar-refractivity contribution in [3.8, 4) is 22.8 Å². The molecular formula is C21H24N8O. The van der Waals surface area contributed by atoms with Gasteiger partial charge in [0.15, 0.2) is 0 Å². The van der Waals surface area contributed by atoms with Crippen LogP contribution in [-0.4, -0.2) is 60.5 Å². The number of pyridine rings is 1. The maximum absolute atomic E-state index is 5.71. The number of rotatable bonds is 4. The predicted octanol–water partition coefficient (Wildman–Crippen LogP) is 2.78. The maximum atomic E-state index is 5.71. The lowest BCUT2D eigenvalue weighted by Gasteiger charge is -2.35. The summed E-state index contributed by atoms with van der Waals surface area (Å²) >= 11 is 0. The van der Waals surface area contributed by atoms with Gasteiger partial charge in [-0.15, -0.1) is 0 Å². The molecule has 0 spiro atoms. The van der Waals surface area contributed by atoms with Crippen molar-refractivity contribution < 1.29 is 4.74 Å². The van der Waals surface area contributed by atoms with Crippen LogP contribution in [0.25, 0.3) is 33.8 Å². The number of anilines is 1. The average Bonchev–Trinajstić information content (AvgIpc) is 3.14. The fraction of sp³-hybridized carbons (Fsp3) is 0.429. The monoisotopic (exact) mass is 404 g/mol. The molecule has 1 saturated carbocycles. The molecular weight excluding hydrogens is 380 g/mol. The largest absolute Gasteiger partial charge is 0.377 e. The van der Waals surface area contributed by atoms with Gasteiger partial charge < -0.3 is 9.64 Å². The molecule has 9 heteroatoms. The summed E-state index contributed by atoms with van der Waals surface area (Å²) in [4.78, 5) is 7.53. The number of morpholine rings is 1. The molecule has 1 saturated heterocycles. The summed E-state index contributed by atoms with van der Waals surface area (Å²) in [5.41, 5.74) is 6.77. The first-order valence-corrected chi connectivity index (χ1v) is 10.5. The second-order valence-corrected chi connectivity index (χ2v) is 8.18. The van der Waals surface area contributed by atoms with Gasteiger partial charge in [-0.3, -0.25) is 14.5 Å². The van der Waals surface area contributed by atoms with Gasteiger partial charge in [0, 0.05) is 32.0 Å². The fourth-order valence-corrected chi connectivity index (χ4v) is 4.33. The van der Waals surface area contributed by atoms with Gasteiger partial charge in [0.2, 0.25) is 0 Å². The third kappa shape index (κ3) is 2.72. The maximum Gasteiger partial charge on any atom is 0.137 e. The van der Waals surface area contributed by atoms with Gasteiger partial charge in [-0.1, -0.05) is 0 Å². The first-order chi connectivity index (χ1) is 14.7. The van der Waals surface area contributed by atoms with Crippen molar-refractivity contribution in [2.45, 2.75) is 31.8 Å². The molecule has 0 aromatic carbocycles. The van der Waals surface area contributed by atoms with E-state index in [2.05, 4.69) is 37.9 Å². The van der Waals surface area contributed by atoms with Crippen LogP contribution in [0.1, 0.15) is 25.8 Å². The second kappa shape index (κ2) is 6.66. The molecule has 30 heavy (non-hydrogen) atoms. The minimum atomic E-state index is 0.280. The molecule has 0 amide bonds. The van der Waals surface area contributed by atoms with Crippen LogP contribution in [0, 0.1) is 0 Å². The van der Waals surface area contributed by atoms with Crippen LogP contribution in [0.5, 0.6) is 0 Å². The van der Waals surface area contributed by atoms with E-state index in [1.54, 1.807) is 6.20 Å². The van der Waals surface area contributed by atoms with Gasteiger partial charge in [-0.25, -0.2) is 4.98 Å². The highest BCUT2D eigenvalue weighted by Gasteiger charge is 2.32. The lowest BCUT2D eigenvalue weighted by molar-refractivity contribution is 0.0990. The van der Waals surface area contributed by atoms with E-state index in [0.717, 1.165) is 72.1 Å². The van der Waals surface area contributed by atoms with Crippen LogP contribution in [0.2, 0.25) is 0 Å². The molecule has 5 heterocycles. The SMILES string of the molecule is C[C@@H]1COCCN1c1cc(-c2ccnn2C)nc2c(-c3ccn[nH]3)nn(C3CC3)c12. The van der Waals surface area contributed by atoms with Gasteiger partial charge in [0.05, 0.1) is 42.0 Å². The zero-order chi connectivity index (χ0) is 20.2. The molecule has 2 fully saturated rings. The van der Waals surface area contributed by atoms with Crippen molar-refractivity contribution in [2.75, 3.05) is 24.7 Å². The first-order valence-electron chi connectivity index (χ1n) is 10.5. The molecule has 0 bridgehead atoms. The predicted molar refractivity (Wildman–Crippen MR) is 113 cm³/mol. The van der Waals surface area contributed by atoms with E-state index >= 15 is 0 Å². The minimum Gasteiger partial charge on any atom is -0.377 e. The average molecular weight is 404 g/mol. The van der Waals surface area contributed by atoms with Crippen LogP contribution >= 0.6 is 0 Å². The Labute approximate surface area is 173 Å². The van der Waals surface area contributed by atoms with Gasteiger partial charge in [0.25, 0.3) is 0 Å². The molecule has 6 rings (SSSR count). The van der Waals surface area contributed by atoms with E-state index in [1.165, 1.54) is 0 Å². The highest BCUT2D eigenvalue weighted by molar-refractivity contribution is 5.99. The summed E-state index contributed by atoms with van der Waals surface area (Å²) < 4.78 is 9.76. The quantitative estimate of drug-likeness (QED) is 0.563. The van der Waals surface area contributed by atoms with Crippen molar-refractivity contribution in [1.29, 1.82) is 0 Å². The zero-order valence-electron chi connectivity index (χ0n) is 17.1. The Kier molecular flexibility index (Phi) is 3.92. The molecule has 1 aliphatic heterocycles. The van der Waals surface area contributed by atoms with Crippen molar-refractivity contribution in [2.24, 2.45) is 7.05 Å². The number of H-pyrrole nitrogens is 1. The molecule has 4 aromatic rings. The van der Waals surface area contributed by atoms with Crippen molar-refractivity contribution >= 4 is 16.7 Å². The van der Waals surface area contributed by atoms with Crippen molar-refractivity contribution in [3.05, 3.63) is 30.6 Å². The smallest absolute Gasteiger partial charge is 0.137 e. The zero-order valence-corrected chi connectivity index (χ0v) is 17.1. The molecule has 1 N–H and O–H groups in total. The standard InChI is InChI=1S/C21H24N8O/c1-13-12-30-10-9-28(13)18-11-16(17-6-8-23-27(17)2)24-20-19(15-5-7-22-25-15)26-29(21(18)20)14-3-4-14/h5-8,11,13-14H,3-4,9-10,12H2,1-2H3,(H,22,25)/t13-/m1/s1. The summed E-state index contributed by atoms with van der Waals surface area (Å²) in [6.45, 7) is 4.50. The Morgan fingerprint density at radius 2 is 2.10 bits per heavy atom. The third-order valence-electron chi connectivity index (χ3n) is 6.04. The molecule has 0 unspecified atom stereocenters. The summed E-state index contributed by atoms with van der Waals surface area (Å²) in [7, 11) is 1.95. The van der Waals surface area contributed by atoms with Gasteiger partial charge in [-0.05, 0) is 38.0 Å². The minimum absolute atomic E-state index is 0.280. The molecule has 9 nitrogen and oxygen atoms in total. The van der Waals surface area contributed by atoms with Gasteiger partial charge >= 0.3 is 0 Å². The van der Waals surface area contributed by atoms with Crippen molar-refractivity contribution in [1.82, 2.24) is 34.7 Å². The lowest BCUT2D eigenvalue weighted by Crippen LogP contribution is -2.44. The Hall–Kier alpha value is -3.20. The highest BCUT2D eigenvalue weighted by atomic mass is 16.5. The molecule has 1 atom stereocenters. The summed E-state index contributed by atoms with van der Waals surface area (Å²) in [5, 5.41) is 16.6. The summed E-state index contributed by atoms with van der Waals surface area (Å²) in [5.74, 6) is 0. The Balaban J connectivity index is 1.66. The number of hydrogen-bond donors (Lipinski definition) is 1. The van der Waals surface area contributed by atoms with Gasteiger partial charge in [-0.2, -0.15) is 15.3 Å². The number of aromatic nitrogens is 7. The Bertz CT molecular complexity index is 1200. The van der Waals surface area contributed by atoms with Gasteiger partial charge in [0.1, 0.15) is 16.7 Å². The normalized spacial score (nSPS) is 19.7. The number of aryl methyl sites for hydroxylation is 1. The number of ether oxygens (including phenoxy) is 1. The van der Waals surface area contributed by atoms with Crippen molar-refractivity contribution in [3.63, 3.8) is 0 Å². The molecule has 0 radical (unpaired) electrons. The van der Waals surface area contributed by atoms with E-state index in [1.807, 2.05) is 30.1 Å². The van der Waals surface area contributed by atoms with Crippen LogP contribution in [0.3, 0.4) is 0 Å².